The Hall–Kier alpha value is -1.54. The van der Waals surface area contributed by atoms with E-state index >= 15 is 0 Å². The highest BCUT2D eigenvalue weighted by molar-refractivity contribution is 6.30. The number of carbonyl (C=O) groups is 1. The molecule has 0 amide bonds. The molecule has 0 saturated heterocycles. The van der Waals surface area contributed by atoms with Crippen LogP contribution in [0.4, 0.5) is 0 Å². The predicted octanol–water partition coefficient (Wildman–Crippen LogP) is 2.55. The molecule has 2 nitrogen and oxygen atoms in total. The first kappa shape index (κ1) is 12.5. The van der Waals surface area contributed by atoms with Crippen LogP contribution >= 0.6 is 11.6 Å². The minimum Gasteiger partial charge on any atom is -0.545 e. The Balaban J connectivity index is 2.11. The summed E-state index contributed by atoms with van der Waals surface area (Å²) in [5.41, 5.74) is 3.90. The molecule has 0 spiro atoms. The lowest BCUT2D eigenvalue weighted by atomic mass is 9.64. The summed E-state index contributed by atoms with van der Waals surface area (Å²) in [6.45, 7) is 2.17. The highest BCUT2D eigenvalue weighted by Gasteiger charge is 2.36. The summed E-state index contributed by atoms with van der Waals surface area (Å²) >= 11 is 6.04. The van der Waals surface area contributed by atoms with E-state index in [1.165, 1.54) is 11.1 Å². The van der Waals surface area contributed by atoms with Gasteiger partial charge in [-0.1, -0.05) is 36.7 Å². The first-order valence-corrected chi connectivity index (χ1v) is 6.80. The van der Waals surface area contributed by atoms with Gasteiger partial charge in [-0.15, -0.1) is 0 Å². The first-order valence-electron chi connectivity index (χ1n) is 6.42. The molecule has 1 aromatic rings. The lowest BCUT2D eigenvalue weighted by molar-refractivity contribution is -0.299. The van der Waals surface area contributed by atoms with E-state index in [4.69, 9.17) is 11.6 Å². The highest BCUT2D eigenvalue weighted by Crippen LogP contribution is 2.46. The van der Waals surface area contributed by atoms with Crippen molar-refractivity contribution in [3.05, 3.63) is 57.6 Å². The molecular weight excluding hydrogens is 260 g/mol. The van der Waals surface area contributed by atoms with Crippen LogP contribution in [0, 0.1) is 0 Å². The number of hydrogen-bond acceptors (Lipinski definition) is 2. The molecule has 1 aromatic carbocycles. The van der Waals surface area contributed by atoms with Crippen LogP contribution < -0.4 is 5.11 Å². The van der Waals surface area contributed by atoms with Gasteiger partial charge in [0.2, 0.25) is 0 Å². The topological polar surface area (TPSA) is 40.1 Å². The molecule has 0 saturated carbocycles. The summed E-state index contributed by atoms with van der Waals surface area (Å²) < 4.78 is 0. The molecule has 3 heteroatoms. The van der Waals surface area contributed by atoms with Gasteiger partial charge < -0.3 is 9.90 Å². The van der Waals surface area contributed by atoms with Crippen LogP contribution in [-0.4, -0.2) is 5.97 Å². The number of carbonyl (C=O) groups excluding carboxylic acids is 1. The van der Waals surface area contributed by atoms with E-state index in [2.05, 4.69) is 19.1 Å². The third-order valence-electron chi connectivity index (χ3n) is 4.33. The summed E-state index contributed by atoms with van der Waals surface area (Å²) in [4.78, 5) is 11.0. The van der Waals surface area contributed by atoms with Crippen molar-refractivity contribution in [2.45, 2.75) is 31.6 Å². The fourth-order valence-electron chi connectivity index (χ4n) is 3.17. The van der Waals surface area contributed by atoms with Crippen molar-refractivity contribution in [1.29, 1.82) is 0 Å². The molecule has 3 rings (SSSR count). The average Bonchev–Trinajstić information content (AvgIpc) is 2.37. The molecule has 0 radical (unpaired) electrons. The fourth-order valence-corrected chi connectivity index (χ4v) is 3.37. The van der Waals surface area contributed by atoms with Crippen molar-refractivity contribution >= 4 is 17.6 Å². The van der Waals surface area contributed by atoms with Crippen LogP contribution in [0.3, 0.4) is 0 Å². The van der Waals surface area contributed by atoms with Gasteiger partial charge in [-0.25, -0.2) is 0 Å². The zero-order chi connectivity index (χ0) is 13.6. The lowest BCUT2D eigenvalue weighted by Crippen LogP contribution is -2.34. The summed E-state index contributed by atoms with van der Waals surface area (Å²) in [6.07, 6.45) is 6.06. The van der Waals surface area contributed by atoms with Crippen LogP contribution in [0.2, 0.25) is 5.02 Å². The van der Waals surface area contributed by atoms with Gasteiger partial charge in [0.25, 0.3) is 0 Å². The third-order valence-corrected chi connectivity index (χ3v) is 4.56. The summed E-state index contributed by atoms with van der Waals surface area (Å²) in [7, 11) is 0. The van der Waals surface area contributed by atoms with Gasteiger partial charge in [0.1, 0.15) is 0 Å². The van der Waals surface area contributed by atoms with E-state index in [-0.39, 0.29) is 5.41 Å². The molecule has 0 N–H and O–H groups in total. The standard InChI is InChI=1S/C16H15ClO2/c1-16-7-6-11(15(18)19)8-12(16)3-2-10-9-13(17)4-5-14(10)16/h3-5,8-9H,2,6-7H2,1H3,(H,18,19)/p-1. The SMILES string of the molecule is CC12CCC(C(=O)[O-])=CC1=CCc1cc(Cl)ccc12. The van der Waals surface area contributed by atoms with Crippen LogP contribution in [0.25, 0.3) is 0 Å². The lowest BCUT2D eigenvalue weighted by Gasteiger charge is -2.40. The van der Waals surface area contributed by atoms with Crippen LogP contribution in [0.5, 0.6) is 0 Å². The number of benzene rings is 1. The molecule has 0 fully saturated rings. The number of rotatable bonds is 1. The first-order chi connectivity index (χ1) is 9.00. The Kier molecular flexibility index (Phi) is 2.79. The van der Waals surface area contributed by atoms with Gasteiger partial charge in [0.15, 0.2) is 0 Å². The second kappa shape index (κ2) is 4.24. The van der Waals surface area contributed by atoms with Gasteiger partial charge in [0.05, 0.1) is 5.97 Å². The molecule has 2 aliphatic rings. The predicted molar refractivity (Wildman–Crippen MR) is 72.9 cm³/mol. The van der Waals surface area contributed by atoms with E-state index in [1.807, 2.05) is 12.1 Å². The fraction of sp³-hybridized carbons (Fsp3) is 0.312. The Morgan fingerprint density at radius 3 is 2.95 bits per heavy atom. The number of fused-ring (bicyclic) bond motifs is 3. The zero-order valence-electron chi connectivity index (χ0n) is 10.7. The van der Waals surface area contributed by atoms with Crippen molar-refractivity contribution in [3.8, 4) is 0 Å². The van der Waals surface area contributed by atoms with E-state index in [9.17, 15) is 9.90 Å². The molecule has 19 heavy (non-hydrogen) atoms. The largest absolute Gasteiger partial charge is 0.545 e. The molecule has 1 atom stereocenters. The summed E-state index contributed by atoms with van der Waals surface area (Å²) in [5.74, 6) is -1.05. The van der Waals surface area contributed by atoms with Crippen LogP contribution in [0.1, 0.15) is 30.9 Å². The monoisotopic (exact) mass is 273 g/mol. The number of aliphatic carboxylic acids is 1. The average molecular weight is 274 g/mol. The normalized spacial score (nSPS) is 24.9. The minimum atomic E-state index is -1.05. The highest BCUT2D eigenvalue weighted by atomic mass is 35.5. The number of carboxylic acid groups (broad SMARTS) is 1. The number of carboxylic acids is 1. The van der Waals surface area contributed by atoms with Crippen molar-refractivity contribution < 1.29 is 9.90 Å². The van der Waals surface area contributed by atoms with Crippen molar-refractivity contribution in [1.82, 2.24) is 0 Å². The minimum absolute atomic E-state index is 0.100. The quantitative estimate of drug-likeness (QED) is 0.789. The molecule has 0 aliphatic heterocycles. The Bertz CT molecular complexity index is 628. The third kappa shape index (κ3) is 1.91. The molecule has 1 unspecified atom stereocenters. The van der Waals surface area contributed by atoms with Gasteiger partial charge in [-0.2, -0.15) is 0 Å². The number of halogens is 1. The Morgan fingerprint density at radius 1 is 1.42 bits per heavy atom. The van der Waals surface area contributed by atoms with Crippen LogP contribution in [-0.2, 0) is 16.6 Å². The summed E-state index contributed by atoms with van der Waals surface area (Å²) in [5, 5.41) is 11.8. The van der Waals surface area contributed by atoms with Gasteiger partial charge in [-0.3, -0.25) is 0 Å². The van der Waals surface area contributed by atoms with Gasteiger partial charge in [0, 0.05) is 10.4 Å². The van der Waals surface area contributed by atoms with Crippen molar-refractivity contribution in [2.75, 3.05) is 0 Å². The van der Waals surface area contributed by atoms with Gasteiger partial charge in [-0.05, 0) is 53.7 Å². The Morgan fingerprint density at radius 2 is 2.21 bits per heavy atom. The van der Waals surface area contributed by atoms with E-state index in [0.717, 1.165) is 23.4 Å². The molecule has 0 heterocycles. The number of allylic oxidation sites excluding steroid dienone is 3. The van der Waals surface area contributed by atoms with Gasteiger partial charge >= 0.3 is 0 Å². The van der Waals surface area contributed by atoms with Crippen LogP contribution in [0.15, 0.2) is 41.5 Å². The zero-order valence-corrected chi connectivity index (χ0v) is 11.5. The Labute approximate surface area is 117 Å². The molecule has 0 aromatic heterocycles. The number of hydrogen-bond donors (Lipinski definition) is 0. The summed E-state index contributed by atoms with van der Waals surface area (Å²) in [6, 6.07) is 5.99. The maximum Gasteiger partial charge on any atom is 0.0674 e. The second-order valence-corrected chi connectivity index (χ2v) is 5.89. The van der Waals surface area contributed by atoms with E-state index in [0.29, 0.717) is 12.0 Å². The second-order valence-electron chi connectivity index (χ2n) is 5.45. The molecular formula is C16H14ClO2-. The smallest absolute Gasteiger partial charge is 0.0674 e. The maximum atomic E-state index is 11.0. The van der Waals surface area contributed by atoms with Crippen molar-refractivity contribution in [3.63, 3.8) is 0 Å². The molecule has 98 valence electrons. The van der Waals surface area contributed by atoms with Crippen molar-refractivity contribution in [2.24, 2.45) is 0 Å². The van der Waals surface area contributed by atoms with E-state index in [1.54, 1.807) is 6.08 Å². The maximum absolute atomic E-state index is 11.0. The van der Waals surface area contributed by atoms with E-state index < -0.39 is 5.97 Å². The molecule has 2 aliphatic carbocycles. The molecule has 0 bridgehead atoms.